The summed E-state index contributed by atoms with van der Waals surface area (Å²) in [5.74, 6) is 0.965. The van der Waals surface area contributed by atoms with Gasteiger partial charge in [-0.05, 0) is 31.9 Å². The fourth-order valence-electron chi connectivity index (χ4n) is 2.45. The van der Waals surface area contributed by atoms with E-state index in [0.29, 0.717) is 23.8 Å². The van der Waals surface area contributed by atoms with Gasteiger partial charge in [0, 0.05) is 5.56 Å². The van der Waals surface area contributed by atoms with E-state index in [1.807, 2.05) is 6.92 Å². The van der Waals surface area contributed by atoms with Crippen LogP contribution in [0, 0.1) is 0 Å². The Morgan fingerprint density at radius 2 is 1.65 bits per heavy atom. The molecule has 20 heavy (non-hydrogen) atoms. The highest BCUT2D eigenvalue weighted by Gasteiger charge is 2.12. The summed E-state index contributed by atoms with van der Waals surface area (Å²) in [5, 5.41) is 9.98. The second-order valence-electron chi connectivity index (χ2n) is 5.29. The van der Waals surface area contributed by atoms with Gasteiger partial charge in [-0.3, -0.25) is 0 Å². The molecule has 1 aromatic rings. The number of ether oxygens (including phenoxy) is 1. The molecular formula is C17H29NO2. The fraction of sp³-hybridized carbons (Fsp3) is 0.647. The van der Waals surface area contributed by atoms with Crippen molar-refractivity contribution in [3.63, 3.8) is 0 Å². The van der Waals surface area contributed by atoms with E-state index in [1.54, 1.807) is 12.1 Å². The maximum atomic E-state index is 9.98. The molecule has 0 aliphatic rings. The lowest BCUT2D eigenvalue weighted by atomic mass is 10.0. The summed E-state index contributed by atoms with van der Waals surface area (Å²) in [7, 11) is 0. The molecule has 0 unspecified atom stereocenters. The Kier molecular flexibility index (Phi) is 7.93. The molecule has 0 atom stereocenters. The molecule has 0 heterocycles. The topological polar surface area (TPSA) is 55.5 Å². The van der Waals surface area contributed by atoms with Crippen molar-refractivity contribution >= 4 is 5.69 Å². The Morgan fingerprint density at radius 1 is 1.00 bits per heavy atom. The van der Waals surface area contributed by atoms with Gasteiger partial charge in [0.05, 0.1) is 12.3 Å². The Hall–Kier alpha value is -1.38. The van der Waals surface area contributed by atoms with Gasteiger partial charge in [-0.2, -0.15) is 0 Å². The number of rotatable bonds is 10. The minimum Gasteiger partial charge on any atom is -0.508 e. The summed E-state index contributed by atoms with van der Waals surface area (Å²) in [5.41, 5.74) is 7.40. The van der Waals surface area contributed by atoms with E-state index in [9.17, 15) is 5.11 Å². The van der Waals surface area contributed by atoms with Crippen molar-refractivity contribution in [2.45, 2.75) is 65.2 Å². The first kappa shape index (κ1) is 16.7. The van der Waals surface area contributed by atoms with Crippen LogP contribution in [0.5, 0.6) is 11.5 Å². The number of benzene rings is 1. The number of hydrogen-bond donors (Lipinski definition) is 2. The number of anilines is 1. The maximum absolute atomic E-state index is 9.98. The summed E-state index contributed by atoms with van der Waals surface area (Å²) in [6, 6.07) is 3.36. The van der Waals surface area contributed by atoms with E-state index in [-0.39, 0.29) is 0 Å². The van der Waals surface area contributed by atoms with Crippen LogP contribution in [0.4, 0.5) is 5.69 Å². The van der Waals surface area contributed by atoms with E-state index >= 15 is 0 Å². The van der Waals surface area contributed by atoms with E-state index in [4.69, 9.17) is 10.5 Å². The summed E-state index contributed by atoms with van der Waals surface area (Å²) in [4.78, 5) is 0. The molecular weight excluding hydrogens is 250 g/mol. The molecule has 3 heteroatoms. The molecule has 0 saturated carbocycles. The third kappa shape index (κ3) is 5.32. The normalized spacial score (nSPS) is 10.7. The molecule has 0 aliphatic heterocycles. The molecule has 0 spiro atoms. The van der Waals surface area contributed by atoms with Crippen molar-refractivity contribution in [1.29, 1.82) is 0 Å². The monoisotopic (exact) mass is 279 g/mol. The van der Waals surface area contributed by atoms with Crippen molar-refractivity contribution in [2.24, 2.45) is 0 Å². The van der Waals surface area contributed by atoms with Crippen LogP contribution in [0.3, 0.4) is 0 Å². The highest BCUT2D eigenvalue weighted by Crippen LogP contribution is 2.34. The lowest BCUT2D eigenvalue weighted by Crippen LogP contribution is -2.01. The Bertz CT molecular complexity index is 391. The SMILES string of the molecule is CCCCCCCCCc1c(O)ccc(N)c1OCC. The number of phenolic OH excluding ortho intramolecular Hbond substituents is 1. The molecule has 1 aromatic carbocycles. The van der Waals surface area contributed by atoms with Gasteiger partial charge in [0.15, 0.2) is 0 Å². The largest absolute Gasteiger partial charge is 0.508 e. The van der Waals surface area contributed by atoms with Crippen LogP contribution in [0.2, 0.25) is 0 Å². The number of phenols is 1. The first-order valence-corrected chi connectivity index (χ1v) is 7.93. The van der Waals surface area contributed by atoms with Crippen LogP contribution in [-0.2, 0) is 6.42 Å². The average Bonchev–Trinajstić information content (AvgIpc) is 2.44. The molecule has 1 rings (SSSR count). The number of hydrogen-bond acceptors (Lipinski definition) is 3. The van der Waals surface area contributed by atoms with Crippen molar-refractivity contribution in [3.05, 3.63) is 17.7 Å². The number of nitrogens with two attached hydrogens (primary N) is 1. The molecule has 3 N–H and O–H groups in total. The fourth-order valence-corrected chi connectivity index (χ4v) is 2.45. The van der Waals surface area contributed by atoms with Gasteiger partial charge in [-0.25, -0.2) is 0 Å². The van der Waals surface area contributed by atoms with Crippen molar-refractivity contribution < 1.29 is 9.84 Å². The van der Waals surface area contributed by atoms with E-state index in [0.717, 1.165) is 18.4 Å². The summed E-state index contributed by atoms with van der Waals surface area (Å²) >= 11 is 0. The lowest BCUT2D eigenvalue weighted by Gasteiger charge is -2.14. The number of nitrogen functional groups attached to an aromatic ring is 1. The molecule has 3 nitrogen and oxygen atoms in total. The number of aromatic hydroxyl groups is 1. The molecule has 0 aromatic heterocycles. The van der Waals surface area contributed by atoms with Gasteiger partial charge in [0.1, 0.15) is 11.5 Å². The quantitative estimate of drug-likeness (QED) is 0.372. The zero-order valence-corrected chi connectivity index (χ0v) is 13.0. The van der Waals surface area contributed by atoms with Gasteiger partial charge < -0.3 is 15.6 Å². The Balaban J connectivity index is 2.44. The second-order valence-corrected chi connectivity index (χ2v) is 5.29. The third-order valence-corrected chi connectivity index (χ3v) is 3.59. The summed E-state index contributed by atoms with van der Waals surface area (Å²) in [6.45, 7) is 4.73. The van der Waals surface area contributed by atoms with Crippen LogP contribution in [-0.4, -0.2) is 11.7 Å². The van der Waals surface area contributed by atoms with Gasteiger partial charge in [-0.15, -0.1) is 0 Å². The van der Waals surface area contributed by atoms with Gasteiger partial charge in [-0.1, -0.05) is 45.4 Å². The molecule has 0 saturated heterocycles. The average molecular weight is 279 g/mol. The van der Waals surface area contributed by atoms with E-state index < -0.39 is 0 Å². The third-order valence-electron chi connectivity index (χ3n) is 3.59. The van der Waals surface area contributed by atoms with Gasteiger partial charge in [0.2, 0.25) is 0 Å². The van der Waals surface area contributed by atoms with E-state index in [1.165, 1.54) is 38.5 Å². The smallest absolute Gasteiger partial charge is 0.149 e. The molecule has 0 radical (unpaired) electrons. The zero-order valence-electron chi connectivity index (χ0n) is 13.0. The Morgan fingerprint density at radius 3 is 2.30 bits per heavy atom. The van der Waals surface area contributed by atoms with E-state index in [2.05, 4.69) is 6.92 Å². The minimum absolute atomic E-state index is 0.300. The first-order chi connectivity index (χ1) is 9.70. The van der Waals surface area contributed by atoms with Gasteiger partial charge in [0.25, 0.3) is 0 Å². The van der Waals surface area contributed by atoms with Crippen LogP contribution in [0.25, 0.3) is 0 Å². The Labute approximate surface area is 123 Å². The maximum Gasteiger partial charge on any atom is 0.149 e. The predicted molar refractivity (Wildman–Crippen MR) is 85.4 cm³/mol. The summed E-state index contributed by atoms with van der Waals surface area (Å²) < 4.78 is 5.57. The highest BCUT2D eigenvalue weighted by molar-refractivity contribution is 5.61. The van der Waals surface area contributed by atoms with Crippen molar-refractivity contribution in [3.8, 4) is 11.5 Å². The lowest BCUT2D eigenvalue weighted by molar-refractivity contribution is 0.334. The summed E-state index contributed by atoms with van der Waals surface area (Å²) in [6.07, 6.45) is 9.65. The van der Waals surface area contributed by atoms with Crippen molar-refractivity contribution in [1.82, 2.24) is 0 Å². The molecule has 0 amide bonds. The highest BCUT2D eigenvalue weighted by atomic mass is 16.5. The van der Waals surface area contributed by atoms with Crippen LogP contribution in [0.1, 0.15) is 64.4 Å². The predicted octanol–water partition coefficient (Wildman–Crippen LogP) is 4.67. The van der Waals surface area contributed by atoms with Crippen molar-refractivity contribution in [2.75, 3.05) is 12.3 Å². The number of unbranched alkanes of at least 4 members (excludes halogenated alkanes) is 6. The molecule has 0 aliphatic carbocycles. The van der Waals surface area contributed by atoms with Gasteiger partial charge >= 0.3 is 0 Å². The van der Waals surface area contributed by atoms with Crippen LogP contribution < -0.4 is 10.5 Å². The standard InChI is InChI=1S/C17H29NO2/c1-3-5-6-7-8-9-10-11-14-16(19)13-12-15(18)17(14)20-4-2/h12-13,19H,3-11,18H2,1-2H3. The molecule has 114 valence electrons. The minimum atomic E-state index is 0.300. The van der Waals surface area contributed by atoms with Crippen LogP contribution in [0.15, 0.2) is 12.1 Å². The molecule has 0 bridgehead atoms. The van der Waals surface area contributed by atoms with Crippen LogP contribution >= 0.6 is 0 Å². The first-order valence-electron chi connectivity index (χ1n) is 7.93. The molecule has 0 fully saturated rings. The zero-order chi connectivity index (χ0) is 14.8. The second kappa shape index (κ2) is 9.51.